The molecule has 30 heavy (non-hydrogen) atoms. The van der Waals surface area contributed by atoms with Crippen molar-refractivity contribution in [2.75, 3.05) is 5.32 Å². The molecule has 1 heterocycles. The van der Waals surface area contributed by atoms with Gasteiger partial charge in [-0.1, -0.05) is 62.4 Å². The first kappa shape index (κ1) is 22.2. The van der Waals surface area contributed by atoms with Crippen LogP contribution in [-0.4, -0.2) is 28.6 Å². The van der Waals surface area contributed by atoms with Crippen LogP contribution < -0.4 is 10.6 Å². The van der Waals surface area contributed by atoms with Crippen LogP contribution in [-0.2, 0) is 20.8 Å². The summed E-state index contributed by atoms with van der Waals surface area (Å²) in [6, 6.07) is 8.91. The Morgan fingerprint density at radius 3 is 2.57 bits per heavy atom. The minimum absolute atomic E-state index is 0.158. The number of benzene rings is 1. The molecule has 1 atom stereocenters. The minimum Gasteiger partial charge on any atom is -0.346 e. The predicted molar refractivity (Wildman–Crippen MR) is 118 cm³/mol. The van der Waals surface area contributed by atoms with Gasteiger partial charge in [-0.25, -0.2) is 4.98 Å². The van der Waals surface area contributed by atoms with Crippen LogP contribution in [0.4, 0.5) is 5.13 Å². The van der Waals surface area contributed by atoms with E-state index in [1.165, 1.54) is 43.4 Å². The number of nitrogens with zero attached hydrogens (tertiary/aromatic N) is 1. The summed E-state index contributed by atoms with van der Waals surface area (Å²) in [6.45, 7) is 0. The van der Waals surface area contributed by atoms with E-state index in [2.05, 4.69) is 15.6 Å². The molecule has 0 aliphatic heterocycles. The average molecular weight is 428 g/mol. The van der Waals surface area contributed by atoms with E-state index in [0.717, 1.165) is 12.0 Å². The zero-order chi connectivity index (χ0) is 21.2. The van der Waals surface area contributed by atoms with Gasteiger partial charge in [-0.15, -0.1) is 11.3 Å². The van der Waals surface area contributed by atoms with Crippen molar-refractivity contribution in [2.45, 2.75) is 63.8 Å². The van der Waals surface area contributed by atoms with Crippen LogP contribution in [0.2, 0.25) is 0 Å². The Hall–Kier alpha value is -2.54. The second kappa shape index (κ2) is 11.6. The topological polar surface area (TPSA) is 88.2 Å². The third kappa shape index (κ3) is 7.06. The van der Waals surface area contributed by atoms with Crippen molar-refractivity contribution >= 4 is 34.1 Å². The van der Waals surface area contributed by atoms with Gasteiger partial charge in [-0.2, -0.15) is 0 Å². The Kier molecular flexibility index (Phi) is 8.56. The maximum atomic E-state index is 12.8. The largest absolute Gasteiger partial charge is 0.346 e. The number of carbonyl (C=O) groups is 3. The van der Waals surface area contributed by atoms with Crippen LogP contribution in [0.3, 0.4) is 0 Å². The van der Waals surface area contributed by atoms with Crippen molar-refractivity contribution in [1.29, 1.82) is 0 Å². The molecule has 0 unspecified atom stereocenters. The van der Waals surface area contributed by atoms with Crippen LogP contribution in [0.5, 0.6) is 0 Å². The van der Waals surface area contributed by atoms with Crippen LogP contribution in [0.15, 0.2) is 41.9 Å². The van der Waals surface area contributed by atoms with Crippen molar-refractivity contribution in [3.05, 3.63) is 47.5 Å². The molecular formula is C23H29N3O3S. The van der Waals surface area contributed by atoms with E-state index in [1.807, 2.05) is 30.3 Å². The second-order valence-electron chi connectivity index (χ2n) is 7.84. The lowest BCUT2D eigenvalue weighted by Crippen LogP contribution is -2.46. The van der Waals surface area contributed by atoms with E-state index >= 15 is 0 Å². The van der Waals surface area contributed by atoms with Gasteiger partial charge in [0, 0.05) is 18.0 Å². The van der Waals surface area contributed by atoms with Crippen LogP contribution in [0.1, 0.15) is 56.9 Å². The number of hydrogen-bond donors (Lipinski definition) is 2. The number of rotatable bonds is 10. The highest BCUT2D eigenvalue weighted by atomic mass is 32.1. The molecule has 2 amide bonds. The highest BCUT2D eigenvalue weighted by Gasteiger charge is 2.27. The molecule has 3 rings (SSSR count). The molecule has 1 aromatic heterocycles. The van der Waals surface area contributed by atoms with Gasteiger partial charge in [0.25, 0.3) is 5.91 Å². The van der Waals surface area contributed by atoms with Crippen molar-refractivity contribution in [3.8, 4) is 0 Å². The van der Waals surface area contributed by atoms with Gasteiger partial charge in [0.05, 0.1) is 6.04 Å². The zero-order valence-electron chi connectivity index (χ0n) is 17.1. The van der Waals surface area contributed by atoms with Gasteiger partial charge in [0.15, 0.2) is 5.13 Å². The van der Waals surface area contributed by atoms with Gasteiger partial charge in [0.1, 0.15) is 0 Å². The molecule has 0 bridgehead atoms. The van der Waals surface area contributed by atoms with Crippen LogP contribution in [0, 0.1) is 5.92 Å². The highest BCUT2D eigenvalue weighted by molar-refractivity contribution is 7.13. The lowest BCUT2D eigenvalue weighted by Gasteiger charge is -2.22. The first-order valence-corrected chi connectivity index (χ1v) is 11.6. The molecule has 1 aliphatic carbocycles. The molecule has 7 heteroatoms. The third-order valence-corrected chi connectivity index (χ3v) is 6.29. The van der Waals surface area contributed by atoms with Crippen LogP contribution in [0.25, 0.3) is 0 Å². The number of thiazole rings is 1. The van der Waals surface area contributed by atoms with E-state index in [-0.39, 0.29) is 5.91 Å². The summed E-state index contributed by atoms with van der Waals surface area (Å²) in [5, 5.41) is 7.44. The molecule has 1 saturated carbocycles. The first-order chi connectivity index (χ1) is 14.6. The number of ketones is 1. The number of amides is 2. The summed E-state index contributed by atoms with van der Waals surface area (Å²) in [5.41, 5.74) is 1.06. The van der Waals surface area contributed by atoms with Crippen molar-refractivity contribution < 1.29 is 14.4 Å². The van der Waals surface area contributed by atoms with Gasteiger partial charge in [-0.3, -0.25) is 19.7 Å². The fraction of sp³-hybridized carbons (Fsp3) is 0.478. The Labute approximate surface area is 181 Å². The number of carbonyl (C=O) groups excluding carboxylic acids is 3. The monoisotopic (exact) mass is 427 g/mol. The molecular weight excluding hydrogens is 398 g/mol. The summed E-state index contributed by atoms with van der Waals surface area (Å²) >= 11 is 1.25. The number of aryl methyl sites for hydroxylation is 1. The fourth-order valence-electron chi connectivity index (χ4n) is 3.90. The molecule has 6 nitrogen and oxygen atoms in total. The molecule has 0 spiro atoms. The average Bonchev–Trinajstić information content (AvgIpc) is 3.29. The number of Topliss-reactive ketones (excluding diaryl/α,β-unsaturated/α-hetero) is 1. The van der Waals surface area contributed by atoms with E-state index in [9.17, 15) is 14.4 Å². The number of hydrogen-bond acceptors (Lipinski definition) is 5. The van der Waals surface area contributed by atoms with Gasteiger partial charge < -0.3 is 5.32 Å². The highest BCUT2D eigenvalue weighted by Crippen LogP contribution is 2.27. The molecule has 0 radical (unpaired) electrons. The number of aromatic nitrogens is 1. The van der Waals surface area contributed by atoms with Crippen molar-refractivity contribution in [3.63, 3.8) is 0 Å². The molecule has 1 fully saturated rings. The van der Waals surface area contributed by atoms with Crippen LogP contribution >= 0.6 is 11.3 Å². The van der Waals surface area contributed by atoms with E-state index in [4.69, 9.17) is 0 Å². The fourth-order valence-corrected chi connectivity index (χ4v) is 4.43. The van der Waals surface area contributed by atoms with Gasteiger partial charge in [-0.05, 0) is 30.7 Å². The molecule has 0 saturated heterocycles. The van der Waals surface area contributed by atoms with E-state index in [0.29, 0.717) is 30.3 Å². The summed E-state index contributed by atoms with van der Waals surface area (Å²) in [6.07, 6.45) is 9.90. The maximum absolute atomic E-state index is 12.8. The van der Waals surface area contributed by atoms with Crippen molar-refractivity contribution in [2.24, 2.45) is 5.92 Å². The standard InChI is InChI=1S/C23H29N3O3S/c27-20(14-12-18-9-5-2-6-10-18)25-19(13-11-17-7-3-1-4-8-17)21(28)22(29)26-23-24-15-16-30-23/h1,3-4,7-8,15-16,18-19H,2,5-6,9-14H2,(H,25,27)(H,24,26,29)/t19-/m0/s1. The first-order valence-electron chi connectivity index (χ1n) is 10.7. The van der Waals surface area contributed by atoms with E-state index < -0.39 is 17.7 Å². The van der Waals surface area contributed by atoms with Gasteiger partial charge in [0.2, 0.25) is 11.7 Å². The molecule has 1 aromatic carbocycles. The smallest absolute Gasteiger partial charge is 0.295 e. The SMILES string of the molecule is O=C(CCC1CCCCC1)N[C@@H](CCc1ccccc1)C(=O)C(=O)Nc1nccs1. The lowest BCUT2D eigenvalue weighted by atomic mass is 9.86. The molecule has 1 aliphatic rings. The molecule has 2 aromatic rings. The Morgan fingerprint density at radius 2 is 1.87 bits per heavy atom. The third-order valence-electron chi connectivity index (χ3n) is 5.60. The summed E-state index contributed by atoms with van der Waals surface area (Å²) in [7, 11) is 0. The lowest BCUT2D eigenvalue weighted by molar-refractivity contribution is -0.137. The zero-order valence-corrected chi connectivity index (χ0v) is 18.0. The normalized spacial score (nSPS) is 15.3. The summed E-state index contributed by atoms with van der Waals surface area (Å²) in [4.78, 5) is 41.7. The van der Waals surface area contributed by atoms with Gasteiger partial charge >= 0.3 is 0 Å². The number of nitrogens with one attached hydrogen (secondary N) is 2. The Morgan fingerprint density at radius 1 is 1.10 bits per heavy atom. The maximum Gasteiger partial charge on any atom is 0.295 e. The summed E-state index contributed by atoms with van der Waals surface area (Å²) in [5.74, 6) is -0.937. The van der Waals surface area contributed by atoms with Crippen molar-refractivity contribution in [1.82, 2.24) is 10.3 Å². The molecule has 2 N–H and O–H groups in total. The summed E-state index contributed by atoms with van der Waals surface area (Å²) < 4.78 is 0. The molecule has 160 valence electrons. The quantitative estimate of drug-likeness (QED) is 0.558. The minimum atomic E-state index is -0.843. The van der Waals surface area contributed by atoms with E-state index in [1.54, 1.807) is 11.6 Å². The second-order valence-corrected chi connectivity index (χ2v) is 8.74. The predicted octanol–water partition coefficient (Wildman–Crippen LogP) is 4.13. The number of anilines is 1. The Balaban J connectivity index is 1.57. The Bertz CT molecular complexity index is 817.